The van der Waals surface area contributed by atoms with Gasteiger partial charge in [-0.2, -0.15) is 0 Å². The average molecular weight is 437 g/mol. The second-order valence-electron chi connectivity index (χ2n) is 8.73. The number of benzene rings is 1. The van der Waals surface area contributed by atoms with E-state index in [1.165, 1.54) is 22.5 Å². The molecule has 6 nitrogen and oxygen atoms in total. The fourth-order valence-corrected chi connectivity index (χ4v) is 5.99. The number of hydrogen-bond acceptors (Lipinski definition) is 6. The van der Waals surface area contributed by atoms with Gasteiger partial charge in [-0.1, -0.05) is 24.3 Å². The van der Waals surface area contributed by atoms with Gasteiger partial charge in [0.1, 0.15) is 17.0 Å². The number of hydrogen-bond donors (Lipinski definition) is 3. The van der Waals surface area contributed by atoms with Gasteiger partial charge in [-0.05, 0) is 68.6 Å². The molecule has 31 heavy (non-hydrogen) atoms. The first-order valence-corrected chi connectivity index (χ1v) is 12.0. The third-order valence-electron chi connectivity index (χ3n) is 6.65. The minimum absolute atomic E-state index is 0.0455. The maximum Gasteiger partial charge on any atom is 0.261 e. The van der Waals surface area contributed by atoms with Crippen molar-refractivity contribution < 1.29 is 9.90 Å². The Balaban J connectivity index is 1.41. The van der Waals surface area contributed by atoms with Crippen LogP contribution >= 0.6 is 11.3 Å². The largest absolute Gasteiger partial charge is 0.393 e. The lowest BCUT2D eigenvalue weighted by Crippen LogP contribution is -2.38. The summed E-state index contributed by atoms with van der Waals surface area (Å²) in [5, 5.41) is 17.5. The van der Waals surface area contributed by atoms with E-state index in [4.69, 9.17) is 0 Å². The molecule has 2 aromatic heterocycles. The van der Waals surface area contributed by atoms with Gasteiger partial charge in [0, 0.05) is 6.04 Å². The van der Waals surface area contributed by atoms with Crippen LogP contribution in [0.4, 0.5) is 5.82 Å². The fraction of sp³-hybridized carbons (Fsp3) is 0.458. The zero-order valence-corrected chi connectivity index (χ0v) is 18.5. The van der Waals surface area contributed by atoms with Crippen LogP contribution in [0.5, 0.6) is 0 Å². The Hall–Kier alpha value is -2.51. The predicted molar refractivity (Wildman–Crippen MR) is 124 cm³/mol. The SMILES string of the molecule is Cc1c(C(=O)NC2CCC(O)CC2)sc2ncnc(NC3CCCc4ccccc43)c12. The number of aliphatic hydroxyl groups is 1. The van der Waals surface area contributed by atoms with Gasteiger partial charge >= 0.3 is 0 Å². The molecular weight excluding hydrogens is 408 g/mol. The summed E-state index contributed by atoms with van der Waals surface area (Å²) in [7, 11) is 0. The van der Waals surface area contributed by atoms with E-state index in [-0.39, 0.29) is 24.1 Å². The molecule has 3 N–H and O–H groups in total. The van der Waals surface area contributed by atoms with Crippen LogP contribution in [0.3, 0.4) is 0 Å². The van der Waals surface area contributed by atoms with Crippen molar-refractivity contribution in [3.8, 4) is 0 Å². The van der Waals surface area contributed by atoms with Crippen LogP contribution in [0.15, 0.2) is 30.6 Å². The predicted octanol–water partition coefficient (Wildman–Crippen LogP) is 4.52. The zero-order valence-electron chi connectivity index (χ0n) is 17.7. The van der Waals surface area contributed by atoms with Crippen molar-refractivity contribution in [3.05, 3.63) is 52.2 Å². The van der Waals surface area contributed by atoms with Gasteiger partial charge in [0.15, 0.2) is 0 Å². The Kier molecular flexibility index (Phi) is 5.63. The number of fused-ring (bicyclic) bond motifs is 2. The van der Waals surface area contributed by atoms with Gasteiger partial charge in [-0.25, -0.2) is 9.97 Å². The third-order valence-corrected chi connectivity index (χ3v) is 7.84. The normalized spacial score (nSPS) is 23.4. The van der Waals surface area contributed by atoms with Crippen LogP contribution in [0.2, 0.25) is 0 Å². The van der Waals surface area contributed by atoms with Crippen molar-refractivity contribution in [2.75, 3.05) is 5.32 Å². The van der Waals surface area contributed by atoms with Crippen LogP contribution in [0.25, 0.3) is 10.2 Å². The van der Waals surface area contributed by atoms with E-state index in [0.29, 0.717) is 4.88 Å². The minimum Gasteiger partial charge on any atom is -0.393 e. The van der Waals surface area contributed by atoms with Crippen molar-refractivity contribution >= 4 is 33.3 Å². The van der Waals surface area contributed by atoms with Gasteiger partial charge in [-0.3, -0.25) is 4.79 Å². The highest BCUT2D eigenvalue weighted by Gasteiger charge is 2.26. The van der Waals surface area contributed by atoms with E-state index in [1.807, 2.05) is 6.92 Å². The zero-order chi connectivity index (χ0) is 21.4. The second kappa shape index (κ2) is 8.55. The molecule has 162 valence electrons. The molecule has 3 aromatic rings. The Morgan fingerprint density at radius 2 is 1.94 bits per heavy atom. The number of aliphatic hydroxyl groups excluding tert-OH is 1. The first-order chi connectivity index (χ1) is 15.1. The van der Waals surface area contributed by atoms with E-state index < -0.39 is 0 Å². The maximum absolute atomic E-state index is 13.0. The number of nitrogens with zero attached hydrogens (tertiary/aromatic N) is 2. The number of aryl methyl sites for hydroxylation is 2. The number of carbonyl (C=O) groups excluding carboxylic acids is 1. The van der Waals surface area contributed by atoms with Crippen molar-refractivity contribution in [2.24, 2.45) is 0 Å². The van der Waals surface area contributed by atoms with E-state index >= 15 is 0 Å². The molecule has 0 radical (unpaired) electrons. The molecule has 5 rings (SSSR count). The molecule has 1 aromatic carbocycles. The lowest BCUT2D eigenvalue weighted by molar-refractivity contribution is 0.0871. The minimum atomic E-state index is -0.229. The van der Waals surface area contributed by atoms with Crippen molar-refractivity contribution in [1.29, 1.82) is 0 Å². The third kappa shape index (κ3) is 4.04. The molecule has 1 fully saturated rings. The summed E-state index contributed by atoms with van der Waals surface area (Å²) in [5.41, 5.74) is 3.67. The molecular formula is C24H28N4O2S. The molecule has 2 heterocycles. The van der Waals surface area contributed by atoms with E-state index in [2.05, 4.69) is 44.9 Å². The first kappa shape index (κ1) is 20.4. The number of thiophene rings is 1. The standard InChI is InChI=1S/C24H28N4O2S/c1-14-20-22(28-19-8-4-6-15-5-2-3-7-18(15)19)25-13-26-24(20)31-21(14)23(30)27-16-9-11-17(29)12-10-16/h2-3,5,7,13,16-17,19,29H,4,6,8-12H2,1H3,(H,27,30)(H,25,26,28). The van der Waals surface area contributed by atoms with Crippen molar-refractivity contribution in [1.82, 2.24) is 15.3 Å². The van der Waals surface area contributed by atoms with Crippen LogP contribution in [0.1, 0.15) is 70.9 Å². The molecule has 2 aliphatic carbocycles. The topological polar surface area (TPSA) is 87.1 Å². The summed E-state index contributed by atoms with van der Waals surface area (Å²) >= 11 is 1.43. The number of nitrogens with one attached hydrogen (secondary N) is 2. The Bertz CT molecular complexity index is 1100. The second-order valence-corrected chi connectivity index (χ2v) is 9.72. The molecule has 1 atom stereocenters. The summed E-state index contributed by atoms with van der Waals surface area (Å²) in [6.07, 6.45) is 7.83. The van der Waals surface area contributed by atoms with E-state index in [1.54, 1.807) is 6.33 Å². The van der Waals surface area contributed by atoms with Gasteiger partial charge < -0.3 is 15.7 Å². The molecule has 2 aliphatic rings. The molecule has 7 heteroatoms. The van der Waals surface area contributed by atoms with E-state index in [9.17, 15) is 9.90 Å². The van der Waals surface area contributed by atoms with Gasteiger partial charge in [0.05, 0.1) is 22.4 Å². The highest BCUT2D eigenvalue weighted by molar-refractivity contribution is 7.20. The smallest absolute Gasteiger partial charge is 0.261 e. The summed E-state index contributed by atoms with van der Waals surface area (Å²) in [4.78, 5) is 23.6. The summed E-state index contributed by atoms with van der Waals surface area (Å²) < 4.78 is 0. The quantitative estimate of drug-likeness (QED) is 0.560. The van der Waals surface area contributed by atoms with Crippen molar-refractivity contribution in [3.63, 3.8) is 0 Å². The van der Waals surface area contributed by atoms with Crippen LogP contribution < -0.4 is 10.6 Å². The van der Waals surface area contributed by atoms with Gasteiger partial charge in [-0.15, -0.1) is 11.3 Å². The summed E-state index contributed by atoms with van der Waals surface area (Å²) in [5.74, 6) is 0.760. The lowest BCUT2D eigenvalue weighted by Gasteiger charge is -2.27. The number of carbonyl (C=O) groups is 1. The highest BCUT2D eigenvalue weighted by atomic mass is 32.1. The molecule has 0 spiro atoms. The number of aromatic nitrogens is 2. The molecule has 1 amide bonds. The Morgan fingerprint density at radius 3 is 2.77 bits per heavy atom. The van der Waals surface area contributed by atoms with Crippen LogP contribution in [0, 0.1) is 6.92 Å². The average Bonchev–Trinajstić information content (AvgIpc) is 3.13. The summed E-state index contributed by atoms with van der Waals surface area (Å²) in [6.45, 7) is 1.99. The number of rotatable bonds is 4. The molecule has 1 saturated carbocycles. The maximum atomic E-state index is 13.0. The molecule has 0 bridgehead atoms. The number of anilines is 1. The Labute approximate surface area is 186 Å². The molecule has 1 unspecified atom stereocenters. The van der Waals surface area contributed by atoms with Crippen molar-refractivity contribution in [2.45, 2.75) is 70.1 Å². The monoisotopic (exact) mass is 436 g/mol. The van der Waals surface area contributed by atoms with E-state index in [0.717, 1.165) is 66.5 Å². The first-order valence-electron chi connectivity index (χ1n) is 11.2. The van der Waals surface area contributed by atoms with Gasteiger partial charge in [0.2, 0.25) is 0 Å². The fourth-order valence-electron chi connectivity index (χ4n) is 4.94. The lowest BCUT2D eigenvalue weighted by atomic mass is 9.87. The molecule has 0 aliphatic heterocycles. The number of amides is 1. The molecule has 0 saturated heterocycles. The van der Waals surface area contributed by atoms with Gasteiger partial charge in [0.25, 0.3) is 5.91 Å². The summed E-state index contributed by atoms with van der Waals surface area (Å²) in [6, 6.07) is 8.95. The van der Waals surface area contributed by atoms with Crippen LogP contribution in [-0.2, 0) is 6.42 Å². The Morgan fingerprint density at radius 1 is 1.13 bits per heavy atom. The van der Waals surface area contributed by atoms with Crippen LogP contribution in [-0.4, -0.2) is 33.1 Å². The highest BCUT2D eigenvalue weighted by Crippen LogP contribution is 2.37.